The first-order chi connectivity index (χ1) is 8.54. The Labute approximate surface area is 103 Å². The lowest BCUT2D eigenvalue weighted by molar-refractivity contribution is -0.137. The number of carbonyl (C=O) groups excluding carboxylic acids is 3. The summed E-state index contributed by atoms with van der Waals surface area (Å²) in [7, 11) is 1.29. The van der Waals surface area contributed by atoms with E-state index in [0.717, 1.165) is 12.1 Å². The Balaban J connectivity index is 3.25. The van der Waals surface area contributed by atoms with E-state index in [4.69, 9.17) is 4.74 Å². The Hall–Kier alpha value is -2.37. The molecule has 0 saturated heterocycles. The lowest BCUT2D eigenvalue weighted by atomic mass is 10.0. The van der Waals surface area contributed by atoms with Gasteiger partial charge in [0.15, 0.2) is 17.8 Å². The quantitative estimate of drug-likeness (QED) is 0.363. The van der Waals surface area contributed by atoms with Gasteiger partial charge in [-0.05, 0) is 19.1 Å². The lowest BCUT2D eigenvalue weighted by Gasteiger charge is -2.08. The average molecular weight is 252 g/mol. The smallest absolute Gasteiger partial charge is 0.379 e. The molecule has 18 heavy (non-hydrogen) atoms. The Morgan fingerprint density at radius 3 is 2.56 bits per heavy atom. The van der Waals surface area contributed by atoms with E-state index in [-0.39, 0.29) is 29.2 Å². The van der Waals surface area contributed by atoms with Crippen LogP contribution in [0.25, 0.3) is 0 Å². The predicted molar refractivity (Wildman–Crippen MR) is 61.0 cm³/mol. The first kappa shape index (κ1) is 13.7. The number of hydrogen-bond donors (Lipinski definition) is 1. The minimum Gasteiger partial charge on any atom is -0.504 e. The molecule has 0 aliphatic carbocycles. The van der Waals surface area contributed by atoms with Gasteiger partial charge in [-0.1, -0.05) is 0 Å². The number of phenolic OH excluding ortho intramolecular Hbond substituents is 1. The van der Waals surface area contributed by atoms with Crippen LogP contribution >= 0.6 is 0 Å². The topological polar surface area (TPSA) is 89.9 Å². The number of ether oxygens (including phenoxy) is 2. The van der Waals surface area contributed by atoms with Crippen LogP contribution in [0.2, 0.25) is 0 Å². The zero-order chi connectivity index (χ0) is 13.7. The van der Waals surface area contributed by atoms with Crippen molar-refractivity contribution in [3.8, 4) is 11.5 Å². The number of rotatable bonds is 5. The summed E-state index contributed by atoms with van der Waals surface area (Å²) in [5.41, 5.74) is -0.274. The second-order valence-corrected chi connectivity index (χ2v) is 3.28. The van der Waals surface area contributed by atoms with Gasteiger partial charge in [0.05, 0.1) is 13.7 Å². The minimum absolute atomic E-state index is 0.00625. The number of aromatic hydroxyl groups is 1. The van der Waals surface area contributed by atoms with E-state index in [1.165, 1.54) is 7.11 Å². The molecule has 0 saturated carbocycles. The summed E-state index contributed by atoms with van der Waals surface area (Å²) in [6, 6.07) is 2.18. The molecule has 6 nitrogen and oxygen atoms in total. The molecule has 0 unspecified atom stereocenters. The first-order valence-corrected chi connectivity index (χ1v) is 5.12. The van der Waals surface area contributed by atoms with E-state index < -0.39 is 11.8 Å². The molecule has 1 N–H and O–H groups in total. The van der Waals surface area contributed by atoms with Crippen LogP contribution < -0.4 is 4.74 Å². The number of methoxy groups -OCH3 is 1. The summed E-state index contributed by atoms with van der Waals surface area (Å²) in [4.78, 5) is 33.8. The lowest BCUT2D eigenvalue weighted by Crippen LogP contribution is -2.19. The molecular weight excluding hydrogens is 240 g/mol. The summed E-state index contributed by atoms with van der Waals surface area (Å²) in [5, 5.41) is 9.46. The number of carbonyl (C=O) groups is 3. The van der Waals surface area contributed by atoms with Gasteiger partial charge in [0.1, 0.15) is 0 Å². The molecule has 0 atom stereocenters. The number of esters is 1. The van der Waals surface area contributed by atoms with Crippen molar-refractivity contribution in [1.82, 2.24) is 0 Å². The van der Waals surface area contributed by atoms with Crippen molar-refractivity contribution in [2.75, 3.05) is 13.7 Å². The molecule has 1 rings (SSSR count). The van der Waals surface area contributed by atoms with Gasteiger partial charge in [0, 0.05) is 11.1 Å². The zero-order valence-electron chi connectivity index (χ0n) is 9.93. The zero-order valence-corrected chi connectivity index (χ0v) is 9.93. The molecule has 0 aliphatic heterocycles. The molecule has 1 aromatic rings. The van der Waals surface area contributed by atoms with Gasteiger partial charge in [-0.2, -0.15) is 0 Å². The number of hydrogen-bond acceptors (Lipinski definition) is 6. The summed E-state index contributed by atoms with van der Waals surface area (Å²) in [6.45, 7) is 1.61. The third kappa shape index (κ3) is 2.65. The predicted octanol–water partition coefficient (Wildman–Crippen LogP) is 0.959. The maximum Gasteiger partial charge on any atom is 0.379 e. The number of Topliss-reactive ketones (excluding diaryl/α,β-unsaturated/α-hetero) is 1. The number of aldehydes is 1. The summed E-state index contributed by atoms with van der Waals surface area (Å²) in [6.07, 6.45) is 0.367. The SMILES string of the molecule is CCOC(=O)C(=O)c1cc(OC)c(O)cc1C=O. The Kier molecular flexibility index (Phi) is 4.42. The molecule has 1 aromatic carbocycles. The van der Waals surface area contributed by atoms with Crippen molar-refractivity contribution in [3.05, 3.63) is 23.3 Å². The highest BCUT2D eigenvalue weighted by Gasteiger charge is 2.22. The van der Waals surface area contributed by atoms with Gasteiger partial charge in [-0.3, -0.25) is 9.59 Å². The van der Waals surface area contributed by atoms with Gasteiger partial charge >= 0.3 is 5.97 Å². The third-order valence-electron chi connectivity index (χ3n) is 2.18. The van der Waals surface area contributed by atoms with Crippen LogP contribution in [0.1, 0.15) is 27.6 Å². The van der Waals surface area contributed by atoms with Gasteiger partial charge in [0.2, 0.25) is 0 Å². The van der Waals surface area contributed by atoms with Gasteiger partial charge in [0.25, 0.3) is 5.78 Å². The van der Waals surface area contributed by atoms with E-state index in [1.807, 2.05) is 0 Å². The number of phenols is 1. The highest BCUT2D eigenvalue weighted by atomic mass is 16.5. The highest BCUT2D eigenvalue weighted by molar-refractivity contribution is 6.41. The van der Waals surface area contributed by atoms with Crippen molar-refractivity contribution in [3.63, 3.8) is 0 Å². The van der Waals surface area contributed by atoms with Crippen LogP contribution in [0.5, 0.6) is 11.5 Å². The molecule has 0 bridgehead atoms. The molecule has 0 aromatic heterocycles. The monoisotopic (exact) mass is 252 g/mol. The fourth-order valence-electron chi connectivity index (χ4n) is 1.35. The van der Waals surface area contributed by atoms with Crippen LogP contribution in [0.15, 0.2) is 12.1 Å². The Morgan fingerprint density at radius 1 is 1.39 bits per heavy atom. The maximum absolute atomic E-state index is 11.7. The van der Waals surface area contributed by atoms with Crippen molar-refractivity contribution in [1.29, 1.82) is 0 Å². The molecule has 0 fully saturated rings. The molecule has 0 aliphatic rings. The van der Waals surface area contributed by atoms with E-state index in [2.05, 4.69) is 4.74 Å². The first-order valence-electron chi connectivity index (χ1n) is 5.12. The van der Waals surface area contributed by atoms with Crippen molar-refractivity contribution in [2.45, 2.75) is 6.92 Å². The van der Waals surface area contributed by atoms with Gasteiger partial charge in [-0.25, -0.2) is 4.79 Å². The molecular formula is C12H12O6. The van der Waals surface area contributed by atoms with E-state index >= 15 is 0 Å². The minimum atomic E-state index is -1.06. The van der Waals surface area contributed by atoms with Crippen LogP contribution in [0.3, 0.4) is 0 Å². The van der Waals surface area contributed by atoms with Gasteiger partial charge in [-0.15, -0.1) is 0 Å². The molecule has 0 heterocycles. The fourth-order valence-corrected chi connectivity index (χ4v) is 1.35. The summed E-state index contributed by atoms with van der Waals surface area (Å²) >= 11 is 0. The normalized spacial score (nSPS) is 9.67. The largest absolute Gasteiger partial charge is 0.504 e. The Bertz CT molecular complexity index is 492. The number of ketones is 1. The molecule has 0 radical (unpaired) electrons. The van der Waals surface area contributed by atoms with Crippen molar-refractivity contribution >= 4 is 18.0 Å². The van der Waals surface area contributed by atoms with Crippen LogP contribution in [0, 0.1) is 0 Å². The summed E-state index contributed by atoms with van der Waals surface area (Å²) in [5.74, 6) is -2.32. The van der Waals surface area contributed by atoms with E-state index in [9.17, 15) is 19.5 Å². The van der Waals surface area contributed by atoms with Crippen LogP contribution in [-0.2, 0) is 9.53 Å². The second kappa shape index (κ2) is 5.81. The second-order valence-electron chi connectivity index (χ2n) is 3.28. The van der Waals surface area contributed by atoms with Crippen molar-refractivity contribution in [2.24, 2.45) is 0 Å². The summed E-state index contributed by atoms with van der Waals surface area (Å²) < 4.78 is 9.36. The standard InChI is InChI=1S/C12H12O6/c1-3-18-12(16)11(15)8-5-10(17-2)9(14)4-7(8)6-13/h4-6,14H,3H2,1-2H3. The fraction of sp³-hybridized carbons (Fsp3) is 0.250. The van der Waals surface area contributed by atoms with Crippen LogP contribution in [0.4, 0.5) is 0 Å². The molecule has 6 heteroatoms. The van der Waals surface area contributed by atoms with Gasteiger partial charge < -0.3 is 14.6 Å². The van der Waals surface area contributed by atoms with E-state index in [1.54, 1.807) is 6.92 Å². The number of benzene rings is 1. The van der Waals surface area contributed by atoms with Crippen LogP contribution in [-0.4, -0.2) is 36.9 Å². The maximum atomic E-state index is 11.7. The molecule has 0 spiro atoms. The van der Waals surface area contributed by atoms with E-state index in [0.29, 0.717) is 6.29 Å². The average Bonchev–Trinajstić information content (AvgIpc) is 2.37. The molecule has 96 valence electrons. The Morgan fingerprint density at radius 2 is 2.06 bits per heavy atom. The third-order valence-corrected chi connectivity index (χ3v) is 2.18. The molecule has 0 amide bonds. The van der Waals surface area contributed by atoms with Crippen molar-refractivity contribution < 1.29 is 29.0 Å². The highest BCUT2D eigenvalue weighted by Crippen LogP contribution is 2.29.